The Balaban J connectivity index is 1.96. The van der Waals surface area contributed by atoms with Crippen LogP contribution in [0.4, 0.5) is 17.1 Å². The number of aliphatic imine (C=N–C) groups is 1. The number of thiocarbonyl (C=S) groups is 1. The summed E-state index contributed by atoms with van der Waals surface area (Å²) in [7, 11) is 0. The Morgan fingerprint density at radius 2 is 1.92 bits per heavy atom. The van der Waals surface area contributed by atoms with Crippen molar-refractivity contribution in [2.75, 3.05) is 11.1 Å². The molecule has 2 rings (SSSR count). The van der Waals surface area contributed by atoms with Gasteiger partial charge >= 0.3 is 0 Å². The largest absolute Gasteiger partial charge is 0.379 e. The molecule has 1 atom stereocenters. The molecule has 26 heavy (non-hydrogen) atoms. The van der Waals surface area contributed by atoms with Crippen LogP contribution in [0.2, 0.25) is 0 Å². The van der Waals surface area contributed by atoms with Crippen LogP contribution in [0.1, 0.15) is 6.92 Å². The van der Waals surface area contributed by atoms with Gasteiger partial charge in [-0.3, -0.25) is 14.9 Å². The van der Waals surface area contributed by atoms with Gasteiger partial charge in [0.05, 0.1) is 15.8 Å². The lowest BCUT2D eigenvalue weighted by Gasteiger charge is -2.22. The van der Waals surface area contributed by atoms with Crippen LogP contribution in [0, 0.1) is 10.1 Å². The average molecular weight is 389 g/mol. The Bertz CT molecular complexity index is 845. The maximum absolute atomic E-state index is 12.3. The van der Waals surface area contributed by atoms with Gasteiger partial charge in [-0.15, -0.1) is 11.8 Å². The van der Waals surface area contributed by atoms with Crippen LogP contribution in [-0.4, -0.2) is 32.5 Å². The fraction of sp³-hybridized carbons (Fsp3) is 0.176. The Kier molecular flexibility index (Phi) is 6.59. The normalized spacial score (nSPS) is 12.5. The highest BCUT2D eigenvalue weighted by Crippen LogP contribution is 2.26. The third kappa shape index (κ3) is 5.47. The number of benzene rings is 2. The zero-order valence-corrected chi connectivity index (χ0v) is 15.3. The van der Waals surface area contributed by atoms with Crippen molar-refractivity contribution in [2.45, 2.75) is 17.4 Å². The SMILES string of the molecule is C[C@@](O)(CSc1ccc(N=C=S)cc1)C(=O)Nc1ccc([N+](=O)[O-])cc1. The lowest BCUT2D eigenvalue weighted by Crippen LogP contribution is -2.42. The minimum atomic E-state index is -1.63. The first kappa shape index (κ1) is 19.7. The Hall–Kier alpha value is -2.58. The number of nitro benzene ring substituents is 1. The maximum Gasteiger partial charge on any atom is 0.269 e. The summed E-state index contributed by atoms with van der Waals surface area (Å²) in [5.41, 5.74) is -0.662. The molecule has 0 saturated carbocycles. The molecule has 2 aromatic rings. The molecule has 2 aromatic carbocycles. The van der Waals surface area contributed by atoms with Gasteiger partial charge in [0.2, 0.25) is 0 Å². The number of isothiocyanates is 1. The van der Waals surface area contributed by atoms with Gasteiger partial charge in [0.15, 0.2) is 0 Å². The number of carbonyl (C=O) groups excluding carboxylic acids is 1. The lowest BCUT2D eigenvalue weighted by molar-refractivity contribution is -0.384. The number of nitrogens with zero attached hydrogens (tertiary/aromatic N) is 2. The van der Waals surface area contributed by atoms with E-state index in [2.05, 4.69) is 27.7 Å². The summed E-state index contributed by atoms with van der Waals surface area (Å²) >= 11 is 5.85. The van der Waals surface area contributed by atoms with Crippen molar-refractivity contribution >= 4 is 52.1 Å². The number of anilines is 1. The summed E-state index contributed by atoms with van der Waals surface area (Å²) < 4.78 is 0. The molecule has 0 saturated heterocycles. The second-order valence-electron chi connectivity index (χ2n) is 5.52. The van der Waals surface area contributed by atoms with Crippen molar-refractivity contribution in [3.63, 3.8) is 0 Å². The van der Waals surface area contributed by atoms with Gasteiger partial charge in [-0.2, -0.15) is 4.99 Å². The van der Waals surface area contributed by atoms with Gasteiger partial charge in [-0.05, 0) is 55.5 Å². The van der Waals surface area contributed by atoms with Crippen LogP contribution in [0.25, 0.3) is 0 Å². The van der Waals surface area contributed by atoms with E-state index in [1.54, 1.807) is 24.3 Å². The second kappa shape index (κ2) is 8.68. The molecule has 0 aromatic heterocycles. The van der Waals surface area contributed by atoms with Crippen molar-refractivity contribution in [3.8, 4) is 0 Å². The van der Waals surface area contributed by atoms with Crippen molar-refractivity contribution in [2.24, 2.45) is 4.99 Å². The van der Waals surface area contributed by atoms with E-state index in [0.717, 1.165) is 4.90 Å². The molecular formula is C17H15N3O4S2. The predicted molar refractivity (Wildman–Crippen MR) is 104 cm³/mol. The fourth-order valence-corrected chi connectivity index (χ4v) is 2.90. The standard InChI is InChI=1S/C17H15N3O4S2/c1-17(22,10-26-15-8-4-12(5-9-15)18-11-25)16(21)19-13-2-6-14(7-3-13)20(23)24/h2-9,22H,10H2,1H3,(H,19,21)/t17-/m1/s1. The van der Waals surface area contributed by atoms with Gasteiger partial charge in [0.1, 0.15) is 5.60 Å². The monoisotopic (exact) mass is 389 g/mol. The molecule has 0 fully saturated rings. The van der Waals surface area contributed by atoms with Gasteiger partial charge in [0, 0.05) is 28.5 Å². The van der Waals surface area contributed by atoms with E-state index in [0.29, 0.717) is 11.4 Å². The Morgan fingerprint density at radius 1 is 1.31 bits per heavy atom. The number of amides is 1. The number of rotatable bonds is 7. The van der Waals surface area contributed by atoms with Crippen LogP contribution in [0.5, 0.6) is 0 Å². The topological polar surface area (TPSA) is 105 Å². The number of aliphatic hydroxyl groups is 1. The first-order valence-corrected chi connectivity index (χ1v) is 8.80. The van der Waals surface area contributed by atoms with Crippen LogP contribution < -0.4 is 5.32 Å². The number of carbonyl (C=O) groups is 1. The highest BCUT2D eigenvalue weighted by atomic mass is 32.2. The number of nitrogens with one attached hydrogen (secondary N) is 1. The van der Waals surface area contributed by atoms with Gasteiger partial charge in [0.25, 0.3) is 11.6 Å². The zero-order valence-electron chi connectivity index (χ0n) is 13.7. The van der Waals surface area contributed by atoms with E-state index in [9.17, 15) is 20.0 Å². The number of hydrogen-bond acceptors (Lipinski definition) is 7. The predicted octanol–water partition coefficient (Wildman–Crippen LogP) is 3.81. The summed E-state index contributed by atoms with van der Waals surface area (Å²) in [4.78, 5) is 27.1. The Morgan fingerprint density at radius 3 is 2.46 bits per heavy atom. The second-order valence-corrected chi connectivity index (χ2v) is 6.75. The molecule has 2 N–H and O–H groups in total. The number of nitro groups is 1. The Labute approximate surface area is 159 Å². The third-order valence-corrected chi connectivity index (χ3v) is 4.76. The molecule has 7 nitrogen and oxygen atoms in total. The first-order valence-electron chi connectivity index (χ1n) is 7.41. The molecule has 0 aliphatic heterocycles. The quantitative estimate of drug-likeness (QED) is 0.245. The third-order valence-electron chi connectivity index (χ3n) is 3.36. The van der Waals surface area contributed by atoms with E-state index in [-0.39, 0.29) is 11.4 Å². The summed E-state index contributed by atoms with van der Waals surface area (Å²) in [5, 5.41) is 25.9. The van der Waals surface area contributed by atoms with Crippen molar-refractivity contribution in [1.29, 1.82) is 0 Å². The minimum Gasteiger partial charge on any atom is -0.379 e. The molecular weight excluding hydrogens is 374 g/mol. The summed E-state index contributed by atoms with van der Waals surface area (Å²) in [6, 6.07) is 12.5. The lowest BCUT2D eigenvalue weighted by atomic mass is 10.1. The van der Waals surface area contributed by atoms with Crippen molar-refractivity contribution < 1.29 is 14.8 Å². The van der Waals surface area contributed by atoms with Gasteiger partial charge in [-0.25, -0.2) is 0 Å². The van der Waals surface area contributed by atoms with Crippen LogP contribution >= 0.6 is 24.0 Å². The molecule has 0 bridgehead atoms. The molecule has 9 heteroatoms. The minimum absolute atomic E-state index is 0.0771. The summed E-state index contributed by atoms with van der Waals surface area (Å²) in [6.45, 7) is 1.41. The van der Waals surface area contributed by atoms with E-state index in [1.165, 1.54) is 43.0 Å². The molecule has 0 unspecified atom stereocenters. The van der Waals surface area contributed by atoms with Crippen LogP contribution in [0.15, 0.2) is 58.4 Å². The van der Waals surface area contributed by atoms with Gasteiger partial charge < -0.3 is 10.4 Å². The average Bonchev–Trinajstić information content (AvgIpc) is 2.62. The van der Waals surface area contributed by atoms with Crippen LogP contribution in [0.3, 0.4) is 0 Å². The maximum atomic E-state index is 12.3. The number of hydrogen-bond donors (Lipinski definition) is 2. The van der Waals surface area contributed by atoms with Crippen molar-refractivity contribution in [1.82, 2.24) is 0 Å². The molecule has 0 aliphatic carbocycles. The van der Waals surface area contributed by atoms with E-state index >= 15 is 0 Å². The smallest absolute Gasteiger partial charge is 0.269 e. The summed E-state index contributed by atoms with van der Waals surface area (Å²) in [6.07, 6.45) is 0. The van der Waals surface area contributed by atoms with E-state index < -0.39 is 16.4 Å². The highest BCUT2D eigenvalue weighted by Gasteiger charge is 2.30. The van der Waals surface area contributed by atoms with Gasteiger partial charge in [-0.1, -0.05) is 0 Å². The van der Waals surface area contributed by atoms with Crippen molar-refractivity contribution in [3.05, 3.63) is 58.6 Å². The number of thioether (sulfide) groups is 1. The molecule has 0 spiro atoms. The zero-order chi connectivity index (χ0) is 19.2. The summed E-state index contributed by atoms with van der Waals surface area (Å²) in [5.74, 6) is -0.470. The van der Waals surface area contributed by atoms with E-state index in [4.69, 9.17) is 0 Å². The molecule has 0 radical (unpaired) electrons. The highest BCUT2D eigenvalue weighted by molar-refractivity contribution is 7.99. The molecule has 1 amide bonds. The molecule has 134 valence electrons. The molecule has 0 heterocycles. The number of non-ortho nitro benzene ring substituents is 1. The molecule has 0 aliphatic rings. The van der Waals surface area contributed by atoms with E-state index in [1.807, 2.05) is 0 Å². The van der Waals surface area contributed by atoms with Crippen LogP contribution in [-0.2, 0) is 4.79 Å². The fourth-order valence-electron chi connectivity index (χ4n) is 1.89. The first-order chi connectivity index (χ1) is 12.3.